The third kappa shape index (κ3) is 4.17. The molecule has 24 heavy (non-hydrogen) atoms. The first kappa shape index (κ1) is 16.1. The summed E-state index contributed by atoms with van der Waals surface area (Å²) in [5.41, 5.74) is 0.766. The number of nitrogens with zero attached hydrogens (tertiary/aromatic N) is 1. The van der Waals surface area contributed by atoms with E-state index in [2.05, 4.69) is 10.3 Å². The summed E-state index contributed by atoms with van der Waals surface area (Å²) >= 11 is 0. The maximum Gasteiger partial charge on any atom is 0.287 e. The highest BCUT2D eigenvalue weighted by Crippen LogP contribution is 2.15. The molecule has 2 heterocycles. The SMILES string of the molecule is O=C(NCc1ccccn1)c1ccc(C[S@](=O)c2ccccc2)o1. The lowest BCUT2D eigenvalue weighted by Crippen LogP contribution is -2.22. The molecule has 0 fully saturated rings. The van der Waals surface area contributed by atoms with Crippen molar-refractivity contribution in [3.05, 3.63) is 84.1 Å². The molecule has 0 saturated carbocycles. The van der Waals surface area contributed by atoms with Gasteiger partial charge in [0.2, 0.25) is 0 Å². The minimum absolute atomic E-state index is 0.200. The van der Waals surface area contributed by atoms with Gasteiger partial charge >= 0.3 is 0 Å². The van der Waals surface area contributed by atoms with Crippen LogP contribution in [-0.2, 0) is 23.1 Å². The van der Waals surface area contributed by atoms with Crippen LogP contribution in [-0.4, -0.2) is 15.1 Å². The van der Waals surface area contributed by atoms with Gasteiger partial charge in [-0.15, -0.1) is 0 Å². The molecule has 0 aliphatic carbocycles. The Bertz CT molecular complexity index is 832. The second-order valence-electron chi connectivity index (χ2n) is 5.07. The Labute approximate surface area is 142 Å². The number of hydrogen-bond acceptors (Lipinski definition) is 4. The lowest BCUT2D eigenvalue weighted by atomic mass is 10.3. The molecule has 1 aromatic carbocycles. The van der Waals surface area contributed by atoms with Crippen molar-refractivity contribution in [3.63, 3.8) is 0 Å². The van der Waals surface area contributed by atoms with Gasteiger partial charge in [0.1, 0.15) is 5.76 Å². The Morgan fingerprint density at radius 1 is 1.04 bits per heavy atom. The number of hydrogen-bond donors (Lipinski definition) is 1. The van der Waals surface area contributed by atoms with Crippen LogP contribution in [0, 0.1) is 0 Å². The van der Waals surface area contributed by atoms with E-state index in [1.54, 1.807) is 30.5 Å². The summed E-state index contributed by atoms with van der Waals surface area (Å²) in [6.45, 7) is 0.325. The zero-order chi connectivity index (χ0) is 16.8. The van der Waals surface area contributed by atoms with Crippen molar-refractivity contribution in [2.24, 2.45) is 0 Å². The first-order chi connectivity index (χ1) is 11.7. The van der Waals surface area contributed by atoms with E-state index in [1.165, 1.54) is 0 Å². The van der Waals surface area contributed by atoms with E-state index in [4.69, 9.17) is 4.42 Å². The summed E-state index contributed by atoms with van der Waals surface area (Å²) in [4.78, 5) is 16.9. The maximum absolute atomic E-state index is 12.2. The van der Waals surface area contributed by atoms with Gasteiger partial charge < -0.3 is 9.73 Å². The minimum Gasteiger partial charge on any atom is -0.455 e. The summed E-state index contributed by atoms with van der Waals surface area (Å²) in [6.07, 6.45) is 1.67. The van der Waals surface area contributed by atoms with Crippen molar-refractivity contribution >= 4 is 16.7 Å². The summed E-state index contributed by atoms with van der Waals surface area (Å²) in [5.74, 6) is 0.626. The molecule has 3 aromatic rings. The fourth-order valence-electron chi connectivity index (χ4n) is 2.12. The number of benzene rings is 1. The molecule has 2 aromatic heterocycles. The Morgan fingerprint density at radius 3 is 2.58 bits per heavy atom. The van der Waals surface area contributed by atoms with Crippen LogP contribution < -0.4 is 5.32 Å². The van der Waals surface area contributed by atoms with Crippen LogP contribution in [0.3, 0.4) is 0 Å². The van der Waals surface area contributed by atoms with E-state index in [9.17, 15) is 9.00 Å². The predicted molar refractivity (Wildman–Crippen MR) is 90.7 cm³/mol. The second-order valence-corrected chi connectivity index (χ2v) is 6.52. The standard InChI is InChI=1S/C18H16N2O3S/c21-18(20-12-14-6-4-5-11-19-14)17-10-9-15(23-17)13-24(22)16-7-2-1-3-8-16/h1-11H,12-13H2,(H,20,21)/t24-/m0/s1. The third-order valence-corrected chi connectivity index (χ3v) is 4.67. The van der Waals surface area contributed by atoms with Gasteiger partial charge in [-0.05, 0) is 36.4 Å². The average Bonchev–Trinajstić information content (AvgIpc) is 3.10. The molecule has 0 aliphatic heterocycles. The number of carbonyl (C=O) groups is 1. The van der Waals surface area contributed by atoms with Crippen molar-refractivity contribution in [1.82, 2.24) is 10.3 Å². The maximum atomic E-state index is 12.2. The van der Waals surface area contributed by atoms with Crippen LogP contribution in [0.2, 0.25) is 0 Å². The lowest BCUT2D eigenvalue weighted by molar-refractivity contribution is 0.0921. The van der Waals surface area contributed by atoms with Crippen LogP contribution >= 0.6 is 0 Å². The van der Waals surface area contributed by atoms with Gasteiger partial charge in [-0.1, -0.05) is 24.3 Å². The molecule has 1 atom stereocenters. The largest absolute Gasteiger partial charge is 0.455 e. The average molecular weight is 340 g/mol. The molecular formula is C18H16N2O3S. The molecule has 0 bridgehead atoms. The van der Waals surface area contributed by atoms with Crippen molar-refractivity contribution in [3.8, 4) is 0 Å². The third-order valence-electron chi connectivity index (χ3n) is 3.32. The minimum atomic E-state index is -1.20. The van der Waals surface area contributed by atoms with Crippen molar-refractivity contribution in [2.75, 3.05) is 0 Å². The Balaban J connectivity index is 1.58. The van der Waals surface area contributed by atoms with Crippen molar-refractivity contribution < 1.29 is 13.4 Å². The summed E-state index contributed by atoms with van der Waals surface area (Å²) in [5, 5.41) is 2.74. The summed E-state index contributed by atoms with van der Waals surface area (Å²) < 4.78 is 17.7. The smallest absolute Gasteiger partial charge is 0.287 e. The highest BCUT2D eigenvalue weighted by Gasteiger charge is 2.13. The molecule has 3 rings (SSSR count). The molecule has 6 heteroatoms. The van der Waals surface area contributed by atoms with Gasteiger partial charge in [0, 0.05) is 11.1 Å². The number of rotatable bonds is 6. The second kappa shape index (κ2) is 7.70. The molecule has 0 saturated heterocycles. The monoisotopic (exact) mass is 340 g/mol. The van der Waals surface area contributed by atoms with E-state index < -0.39 is 10.8 Å². The van der Waals surface area contributed by atoms with E-state index >= 15 is 0 Å². The number of carbonyl (C=O) groups excluding carboxylic acids is 1. The Morgan fingerprint density at radius 2 is 1.83 bits per heavy atom. The molecule has 0 radical (unpaired) electrons. The van der Waals surface area contributed by atoms with Crippen molar-refractivity contribution in [2.45, 2.75) is 17.2 Å². The summed E-state index contributed by atoms with van der Waals surface area (Å²) in [7, 11) is -1.20. The Kier molecular flexibility index (Phi) is 5.18. The van der Waals surface area contributed by atoms with E-state index in [-0.39, 0.29) is 17.4 Å². The van der Waals surface area contributed by atoms with Crippen molar-refractivity contribution in [1.29, 1.82) is 0 Å². The topological polar surface area (TPSA) is 72.2 Å². The predicted octanol–water partition coefficient (Wildman–Crippen LogP) is 2.91. The van der Waals surface area contributed by atoms with Gasteiger partial charge in [-0.3, -0.25) is 14.0 Å². The number of furan rings is 1. The molecule has 122 valence electrons. The molecule has 1 N–H and O–H groups in total. The van der Waals surface area contributed by atoms with E-state index in [1.807, 2.05) is 36.4 Å². The number of amides is 1. The van der Waals surface area contributed by atoms with Crippen LogP contribution in [0.25, 0.3) is 0 Å². The van der Waals surface area contributed by atoms with Crippen LogP contribution in [0.1, 0.15) is 22.0 Å². The molecule has 1 amide bonds. The fourth-order valence-corrected chi connectivity index (χ4v) is 3.16. The molecule has 0 unspecified atom stereocenters. The van der Waals surface area contributed by atoms with Gasteiger partial charge in [-0.2, -0.15) is 0 Å². The van der Waals surface area contributed by atoms with E-state index in [0.29, 0.717) is 12.3 Å². The van der Waals surface area contributed by atoms with Gasteiger partial charge in [0.15, 0.2) is 5.76 Å². The van der Waals surface area contributed by atoms with Gasteiger partial charge in [0.05, 0.1) is 28.8 Å². The van der Waals surface area contributed by atoms with Gasteiger partial charge in [0.25, 0.3) is 5.91 Å². The number of nitrogens with one attached hydrogen (secondary N) is 1. The first-order valence-corrected chi connectivity index (χ1v) is 8.74. The first-order valence-electron chi connectivity index (χ1n) is 7.42. The zero-order valence-electron chi connectivity index (χ0n) is 12.8. The Hall–Kier alpha value is -2.73. The normalized spacial score (nSPS) is 11.8. The van der Waals surface area contributed by atoms with Gasteiger partial charge in [-0.25, -0.2) is 0 Å². The van der Waals surface area contributed by atoms with E-state index in [0.717, 1.165) is 10.6 Å². The highest BCUT2D eigenvalue weighted by molar-refractivity contribution is 7.84. The van der Waals surface area contributed by atoms with Crippen LogP contribution in [0.15, 0.2) is 76.2 Å². The number of aromatic nitrogens is 1. The highest BCUT2D eigenvalue weighted by atomic mass is 32.2. The molecule has 5 nitrogen and oxygen atoms in total. The van der Waals surface area contributed by atoms with Crippen LogP contribution in [0.4, 0.5) is 0 Å². The fraction of sp³-hybridized carbons (Fsp3) is 0.111. The molecular weight excluding hydrogens is 324 g/mol. The van der Waals surface area contributed by atoms with Crippen LogP contribution in [0.5, 0.6) is 0 Å². The quantitative estimate of drug-likeness (QED) is 0.749. The zero-order valence-corrected chi connectivity index (χ0v) is 13.7. The number of pyridine rings is 1. The lowest BCUT2D eigenvalue weighted by Gasteiger charge is -2.02. The summed E-state index contributed by atoms with van der Waals surface area (Å²) in [6, 6.07) is 17.9. The molecule has 0 spiro atoms. The molecule has 0 aliphatic rings.